The van der Waals surface area contributed by atoms with Crippen molar-refractivity contribution in [2.24, 2.45) is 0 Å². The molecule has 0 saturated carbocycles. The molecule has 2 fully saturated rings. The van der Waals surface area contributed by atoms with Crippen LogP contribution in [0.4, 0.5) is 9.59 Å². The van der Waals surface area contributed by atoms with E-state index in [1.54, 1.807) is 9.80 Å². The lowest BCUT2D eigenvalue weighted by Crippen LogP contribution is -2.62. The molecule has 1 atom stereocenters. The Balaban J connectivity index is 1.58. The topological polar surface area (TPSA) is 61.9 Å². The maximum absolute atomic E-state index is 12.5. The fraction of sp³-hybridized carbons (Fsp3) is 0.556. The Kier molecular flexibility index (Phi) is 4.39. The number of fused-ring (bicyclic) bond motifs is 1. The number of benzene rings is 1. The number of carbonyl (C=O) groups is 2. The summed E-state index contributed by atoms with van der Waals surface area (Å²) in [4.78, 5) is 27.6. The van der Waals surface area contributed by atoms with Gasteiger partial charge in [0, 0.05) is 26.2 Å². The van der Waals surface area contributed by atoms with Crippen LogP contribution in [-0.4, -0.2) is 53.7 Å². The average Bonchev–Trinajstić information content (AvgIpc) is 2.87. The number of piperazine rings is 1. The maximum atomic E-state index is 12.5. The second-order valence-electron chi connectivity index (χ2n) is 7.18. The van der Waals surface area contributed by atoms with E-state index in [0.29, 0.717) is 38.7 Å². The summed E-state index contributed by atoms with van der Waals surface area (Å²) < 4.78 is 5.12. The molecule has 1 unspecified atom stereocenters. The van der Waals surface area contributed by atoms with E-state index >= 15 is 0 Å². The van der Waals surface area contributed by atoms with Crippen molar-refractivity contribution < 1.29 is 14.3 Å². The highest BCUT2D eigenvalue weighted by Crippen LogP contribution is 2.28. The van der Waals surface area contributed by atoms with Gasteiger partial charge in [-0.2, -0.15) is 0 Å². The lowest BCUT2D eigenvalue weighted by atomic mass is 9.99. The molecule has 6 heteroatoms. The molecule has 130 valence electrons. The molecule has 2 saturated heterocycles. The van der Waals surface area contributed by atoms with Gasteiger partial charge in [-0.05, 0) is 24.0 Å². The lowest BCUT2D eigenvalue weighted by Gasteiger charge is -2.42. The highest BCUT2D eigenvalue weighted by atomic mass is 16.6. The van der Waals surface area contributed by atoms with Crippen LogP contribution in [0.1, 0.15) is 37.8 Å². The second-order valence-corrected chi connectivity index (χ2v) is 7.18. The van der Waals surface area contributed by atoms with Crippen molar-refractivity contribution in [3.63, 3.8) is 0 Å². The second kappa shape index (κ2) is 6.34. The van der Waals surface area contributed by atoms with Gasteiger partial charge in [0.1, 0.15) is 6.61 Å². The number of urea groups is 1. The van der Waals surface area contributed by atoms with Gasteiger partial charge in [0.2, 0.25) is 0 Å². The highest BCUT2D eigenvalue weighted by molar-refractivity contribution is 5.76. The van der Waals surface area contributed by atoms with Crippen LogP contribution >= 0.6 is 0 Å². The van der Waals surface area contributed by atoms with E-state index in [1.165, 1.54) is 5.56 Å². The minimum absolute atomic E-state index is 0.0924. The van der Waals surface area contributed by atoms with Crippen LogP contribution in [0.15, 0.2) is 24.3 Å². The number of ether oxygens (including phenoxy) is 1. The van der Waals surface area contributed by atoms with E-state index in [2.05, 4.69) is 31.3 Å². The van der Waals surface area contributed by atoms with E-state index in [9.17, 15) is 9.59 Å². The first-order chi connectivity index (χ1) is 11.4. The highest BCUT2D eigenvalue weighted by Gasteiger charge is 2.48. The molecule has 1 aromatic carbocycles. The van der Waals surface area contributed by atoms with E-state index in [4.69, 9.17) is 4.74 Å². The molecule has 2 heterocycles. The van der Waals surface area contributed by atoms with Gasteiger partial charge in [0.15, 0.2) is 0 Å². The SMILES string of the molecule is CC(C)c1cccc(CNC(=O)N2CCN3C(=O)OCC3(C)C2)c1. The molecule has 3 amide bonds. The van der Waals surface area contributed by atoms with Gasteiger partial charge in [-0.3, -0.25) is 4.90 Å². The first kappa shape index (κ1) is 16.6. The minimum Gasteiger partial charge on any atom is -0.447 e. The first-order valence-corrected chi connectivity index (χ1v) is 8.45. The summed E-state index contributed by atoms with van der Waals surface area (Å²) in [7, 11) is 0. The maximum Gasteiger partial charge on any atom is 0.410 e. The largest absolute Gasteiger partial charge is 0.447 e. The number of cyclic esters (lactones) is 1. The predicted octanol–water partition coefficient (Wildman–Crippen LogP) is 2.55. The van der Waals surface area contributed by atoms with Crippen molar-refractivity contribution in [3.8, 4) is 0 Å². The van der Waals surface area contributed by atoms with Gasteiger partial charge in [-0.25, -0.2) is 9.59 Å². The molecule has 2 aliphatic rings. The number of nitrogens with one attached hydrogen (secondary N) is 1. The van der Waals surface area contributed by atoms with Crippen molar-refractivity contribution in [1.29, 1.82) is 0 Å². The molecule has 0 spiro atoms. The molecule has 0 radical (unpaired) electrons. The zero-order chi connectivity index (χ0) is 17.3. The Morgan fingerprint density at radius 3 is 2.92 bits per heavy atom. The van der Waals surface area contributed by atoms with Crippen LogP contribution < -0.4 is 5.32 Å². The molecule has 6 nitrogen and oxygen atoms in total. The lowest BCUT2D eigenvalue weighted by molar-refractivity contribution is 0.0797. The first-order valence-electron chi connectivity index (χ1n) is 8.45. The molecular formula is C18H25N3O3. The Morgan fingerprint density at radius 1 is 1.38 bits per heavy atom. The fourth-order valence-corrected chi connectivity index (χ4v) is 3.32. The quantitative estimate of drug-likeness (QED) is 0.926. The summed E-state index contributed by atoms with van der Waals surface area (Å²) >= 11 is 0. The zero-order valence-electron chi connectivity index (χ0n) is 14.5. The van der Waals surface area contributed by atoms with Crippen molar-refractivity contribution in [3.05, 3.63) is 35.4 Å². The van der Waals surface area contributed by atoms with Gasteiger partial charge in [0.05, 0.1) is 5.54 Å². The molecule has 0 bridgehead atoms. The molecule has 3 rings (SSSR count). The number of carbonyl (C=O) groups excluding carboxylic acids is 2. The van der Waals surface area contributed by atoms with Crippen LogP contribution in [0.25, 0.3) is 0 Å². The normalized spacial score (nSPS) is 23.2. The van der Waals surface area contributed by atoms with E-state index in [1.807, 2.05) is 19.1 Å². The molecule has 0 aliphatic carbocycles. The van der Waals surface area contributed by atoms with Crippen molar-refractivity contribution in [1.82, 2.24) is 15.1 Å². The summed E-state index contributed by atoms with van der Waals surface area (Å²) in [6, 6.07) is 8.19. The van der Waals surface area contributed by atoms with Crippen molar-refractivity contribution >= 4 is 12.1 Å². The molecule has 1 N–H and O–H groups in total. The third-order valence-corrected chi connectivity index (χ3v) is 4.85. The number of hydrogen-bond donors (Lipinski definition) is 1. The van der Waals surface area contributed by atoms with E-state index < -0.39 is 5.54 Å². The Morgan fingerprint density at radius 2 is 2.17 bits per heavy atom. The van der Waals surface area contributed by atoms with Crippen LogP contribution in [0.2, 0.25) is 0 Å². The number of rotatable bonds is 3. The number of hydrogen-bond acceptors (Lipinski definition) is 3. The summed E-state index contributed by atoms with van der Waals surface area (Å²) in [6.07, 6.45) is -0.275. The Hall–Kier alpha value is -2.24. The predicted molar refractivity (Wildman–Crippen MR) is 90.8 cm³/mol. The Labute approximate surface area is 142 Å². The van der Waals surface area contributed by atoms with Crippen LogP contribution in [0.5, 0.6) is 0 Å². The van der Waals surface area contributed by atoms with Gasteiger partial charge in [-0.15, -0.1) is 0 Å². The minimum atomic E-state index is -0.412. The van der Waals surface area contributed by atoms with E-state index in [0.717, 1.165) is 5.56 Å². The van der Waals surface area contributed by atoms with Gasteiger partial charge in [0.25, 0.3) is 0 Å². The molecule has 0 aromatic heterocycles. The summed E-state index contributed by atoms with van der Waals surface area (Å²) in [6.45, 7) is 8.66. The molecule has 1 aromatic rings. The van der Waals surface area contributed by atoms with Gasteiger partial charge < -0.3 is 15.0 Å². The van der Waals surface area contributed by atoms with Crippen LogP contribution in [0.3, 0.4) is 0 Å². The molecule has 2 aliphatic heterocycles. The fourth-order valence-electron chi connectivity index (χ4n) is 3.32. The van der Waals surface area contributed by atoms with Crippen LogP contribution in [-0.2, 0) is 11.3 Å². The smallest absolute Gasteiger partial charge is 0.410 e. The third-order valence-electron chi connectivity index (χ3n) is 4.85. The summed E-state index contributed by atoms with van der Waals surface area (Å²) in [5.74, 6) is 0.466. The zero-order valence-corrected chi connectivity index (χ0v) is 14.5. The molecular weight excluding hydrogens is 306 g/mol. The monoisotopic (exact) mass is 331 g/mol. The van der Waals surface area contributed by atoms with Crippen molar-refractivity contribution in [2.75, 3.05) is 26.2 Å². The summed E-state index contributed by atoms with van der Waals surface area (Å²) in [5.41, 5.74) is 1.95. The number of nitrogens with zero attached hydrogens (tertiary/aromatic N) is 2. The third kappa shape index (κ3) is 3.18. The van der Waals surface area contributed by atoms with Crippen LogP contribution in [0, 0.1) is 0 Å². The van der Waals surface area contributed by atoms with Gasteiger partial charge >= 0.3 is 12.1 Å². The van der Waals surface area contributed by atoms with Crippen molar-refractivity contribution in [2.45, 2.75) is 38.8 Å². The summed E-state index contributed by atoms with van der Waals surface area (Å²) in [5, 5.41) is 2.99. The standard InChI is InChI=1S/C18H25N3O3/c1-13(2)15-6-4-5-14(9-15)10-19-16(22)20-7-8-21-17(23)24-12-18(21,3)11-20/h4-6,9,13H,7-8,10-12H2,1-3H3,(H,19,22). The number of amides is 3. The van der Waals surface area contributed by atoms with Gasteiger partial charge in [-0.1, -0.05) is 38.1 Å². The Bertz CT molecular complexity index is 646. The molecule has 24 heavy (non-hydrogen) atoms. The average molecular weight is 331 g/mol. The van der Waals surface area contributed by atoms with E-state index in [-0.39, 0.29) is 12.1 Å².